The molecule has 0 saturated carbocycles. The number of nitrogen functional groups attached to an aromatic ring is 1. The van der Waals surface area contributed by atoms with Gasteiger partial charge in [0.1, 0.15) is 0 Å². The SMILES string of the molecule is CN(Cc1cccc(N)c1)S(=O)(=O)c1ccc(Cl)cc1. The van der Waals surface area contributed by atoms with Crippen LogP contribution < -0.4 is 5.73 Å². The van der Waals surface area contributed by atoms with E-state index >= 15 is 0 Å². The van der Waals surface area contributed by atoms with Gasteiger partial charge in [-0.25, -0.2) is 8.42 Å². The fourth-order valence-corrected chi connectivity index (χ4v) is 3.10. The highest BCUT2D eigenvalue weighted by Crippen LogP contribution is 2.19. The highest BCUT2D eigenvalue weighted by molar-refractivity contribution is 7.89. The number of hydrogen-bond donors (Lipinski definition) is 1. The van der Waals surface area contributed by atoms with Gasteiger partial charge in [-0.05, 0) is 42.0 Å². The first kappa shape index (κ1) is 14.8. The van der Waals surface area contributed by atoms with Crippen molar-refractivity contribution in [3.05, 3.63) is 59.1 Å². The summed E-state index contributed by atoms with van der Waals surface area (Å²) < 4.78 is 26.1. The highest BCUT2D eigenvalue weighted by Gasteiger charge is 2.20. The van der Waals surface area contributed by atoms with Crippen molar-refractivity contribution in [1.82, 2.24) is 4.31 Å². The molecule has 0 aliphatic rings. The minimum Gasteiger partial charge on any atom is -0.399 e. The van der Waals surface area contributed by atoms with Gasteiger partial charge in [0.15, 0.2) is 0 Å². The summed E-state index contributed by atoms with van der Waals surface area (Å²) in [7, 11) is -2.00. The van der Waals surface area contributed by atoms with Crippen molar-refractivity contribution < 1.29 is 8.42 Å². The zero-order valence-corrected chi connectivity index (χ0v) is 12.5. The molecule has 106 valence electrons. The summed E-state index contributed by atoms with van der Waals surface area (Å²) >= 11 is 5.77. The number of hydrogen-bond acceptors (Lipinski definition) is 3. The Morgan fingerprint density at radius 2 is 1.80 bits per heavy atom. The van der Waals surface area contributed by atoms with Crippen LogP contribution in [-0.2, 0) is 16.6 Å². The Hall–Kier alpha value is -1.56. The van der Waals surface area contributed by atoms with E-state index in [1.165, 1.54) is 23.5 Å². The van der Waals surface area contributed by atoms with Crippen molar-refractivity contribution >= 4 is 27.3 Å². The molecule has 0 aliphatic carbocycles. The van der Waals surface area contributed by atoms with Gasteiger partial charge in [-0.2, -0.15) is 4.31 Å². The second kappa shape index (κ2) is 5.83. The maximum atomic E-state index is 12.4. The summed E-state index contributed by atoms with van der Waals surface area (Å²) in [5.41, 5.74) is 7.14. The van der Waals surface area contributed by atoms with Crippen LogP contribution in [0.1, 0.15) is 5.56 Å². The van der Waals surface area contributed by atoms with Gasteiger partial charge >= 0.3 is 0 Å². The third-order valence-corrected chi connectivity index (χ3v) is 4.95. The molecule has 0 heterocycles. The Balaban J connectivity index is 2.23. The fraction of sp³-hybridized carbons (Fsp3) is 0.143. The van der Waals surface area contributed by atoms with E-state index in [-0.39, 0.29) is 11.4 Å². The van der Waals surface area contributed by atoms with Crippen molar-refractivity contribution in [3.8, 4) is 0 Å². The van der Waals surface area contributed by atoms with E-state index < -0.39 is 10.0 Å². The lowest BCUT2D eigenvalue weighted by Gasteiger charge is -2.17. The summed E-state index contributed by atoms with van der Waals surface area (Å²) in [5.74, 6) is 0. The first-order valence-electron chi connectivity index (χ1n) is 5.96. The van der Waals surface area contributed by atoms with E-state index in [9.17, 15) is 8.42 Å². The molecule has 0 atom stereocenters. The summed E-state index contributed by atoms with van der Waals surface area (Å²) in [6.07, 6.45) is 0. The van der Waals surface area contributed by atoms with Crippen molar-refractivity contribution in [3.63, 3.8) is 0 Å². The van der Waals surface area contributed by atoms with Crippen LogP contribution in [0.25, 0.3) is 0 Å². The third kappa shape index (κ3) is 3.30. The molecule has 0 saturated heterocycles. The van der Waals surface area contributed by atoms with E-state index in [2.05, 4.69) is 0 Å². The molecule has 0 aromatic heterocycles. The van der Waals surface area contributed by atoms with Crippen LogP contribution >= 0.6 is 11.6 Å². The molecule has 2 aromatic rings. The van der Waals surface area contributed by atoms with E-state index in [0.29, 0.717) is 10.7 Å². The maximum Gasteiger partial charge on any atom is 0.243 e. The topological polar surface area (TPSA) is 63.4 Å². The maximum absolute atomic E-state index is 12.4. The Bertz CT molecular complexity index is 699. The van der Waals surface area contributed by atoms with Gasteiger partial charge in [-0.3, -0.25) is 0 Å². The van der Waals surface area contributed by atoms with E-state index in [0.717, 1.165) is 5.56 Å². The molecule has 2 rings (SSSR count). The number of halogens is 1. The largest absolute Gasteiger partial charge is 0.399 e. The zero-order valence-electron chi connectivity index (χ0n) is 11.0. The van der Waals surface area contributed by atoms with Crippen LogP contribution in [-0.4, -0.2) is 19.8 Å². The van der Waals surface area contributed by atoms with Gasteiger partial charge in [-0.15, -0.1) is 0 Å². The number of sulfonamides is 1. The molecular weight excluding hydrogens is 296 g/mol. The lowest BCUT2D eigenvalue weighted by atomic mass is 10.2. The van der Waals surface area contributed by atoms with Crippen LogP contribution in [0.15, 0.2) is 53.4 Å². The van der Waals surface area contributed by atoms with Crippen molar-refractivity contribution in [2.24, 2.45) is 0 Å². The molecule has 20 heavy (non-hydrogen) atoms. The predicted octanol–water partition coefficient (Wildman–Crippen LogP) is 2.74. The van der Waals surface area contributed by atoms with Crippen LogP contribution in [0.3, 0.4) is 0 Å². The molecule has 4 nitrogen and oxygen atoms in total. The van der Waals surface area contributed by atoms with Gasteiger partial charge in [0.25, 0.3) is 0 Å². The number of nitrogens with zero attached hydrogens (tertiary/aromatic N) is 1. The average molecular weight is 311 g/mol. The van der Waals surface area contributed by atoms with Crippen molar-refractivity contribution in [2.45, 2.75) is 11.4 Å². The van der Waals surface area contributed by atoms with Gasteiger partial charge in [0, 0.05) is 24.3 Å². The smallest absolute Gasteiger partial charge is 0.243 e. The number of anilines is 1. The van der Waals surface area contributed by atoms with Crippen LogP contribution in [0, 0.1) is 0 Å². The fourth-order valence-electron chi connectivity index (χ4n) is 1.82. The molecule has 6 heteroatoms. The van der Waals surface area contributed by atoms with Gasteiger partial charge in [0.05, 0.1) is 4.90 Å². The highest BCUT2D eigenvalue weighted by atomic mass is 35.5. The Labute approximate surface area is 123 Å². The van der Waals surface area contributed by atoms with Crippen LogP contribution in [0.2, 0.25) is 5.02 Å². The van der Waals surface area contributed by atoms with E-state index in [1.54, 1.807) is 30.3 Å². The Morgan fingerprint density at radius 3 is 2.40 bits per heavy atom. The molecule has 0 spiro atoms. The summed E-state index contributed by atoms with van der Waals surface area (Å²) in [5, 5.41) is 0.502. The second-order valence-corrected chi connectivity index (χ2v) is 6.94. The molecular formula is C14H15ClN2O2S. The number of rotatable bonds is 4. The van der Waals surface area contributed by atoms with Crippen molar-refractivity contribution in [1.29, 1.82) is 0 Å². The molecule has 0 bridgehead atoms. The number of nitrogens with two attached hydrogens (primary N) is 1. The monoisotopic (exact) mass is 310 g/mol. The molecule has 0 amide bonds. The molecule has 2 N–H and O–H groups in total. The standard InChI is InChI=1S/C14H15ClN2O2S/c1-17(10-11-3-2-4-13(16)9-11)20(18,19)14-7-5-12(15)6-8-14/h2-9H,10,16H2,1H3. The minimum absolute atomic E-state index is 0.216. The molecule has 2 aromatic carbocycles. The normalized spacial score (nSPS) is 11.8. The first-order chi connectivity index (χ1) is 9.39. The molecule has 0 radical (unpaired) electrons. The van der Waals surface area contributed by atoms with Gasteiger partial charge < -0.3 is 5.73 Å². The van der Waals surface area contributed by atoms with E-state index in [1.807, 2.05) is 6.07 Å². The second-order valence-electron chi connectivity index (χ2n) is 4.46. The summed E-state index contributed by atoms with van der Waals surface area (Å²) in [4.78, 5) is 0.216. The van der Waals surface area contributed by atoms with Crippen LogP contribution in [0.4, 0.5) is 5.69 Å². The van der Waals surface area contributed by atoms with Crippen LogP contribution in [0.5, 0.6) is 0 Å². The predicted molar refractivity (Wildman–Crippen MR) is 81.0 cm³/mol. The zero-order chi connectivity index (χ0) is 14.8. The van der Waals surface area contributed by atoms with Gasteiger partial charge in [0.2, 0.25) is 10.0 Å². The third-order valence-electron chi connectivity index (χ3n) is 2.88. The average Bonchev–Trinajstić information content (AvgIpc) is 2.39. The molecule has 0 fully saturated rings. The first-order valence-corrected chi connectivity index (χ1v) is 7.78. The lowest BCUT2D eigenvalue weighted by Crippen LogP contribution is -2.26. The lowest BCUT2D eigenvalue weighted by molar-refractivity contribution is 0.467. The van der Waals surface area contributed by atoms with Crippen molar-refractivity contribution in [2.75, 3.05) is 12.8 Å². The minimum atomic E-state index is -3.53. The van der Waals surface area contributed by atoms with Gasteiger partial charge in [-0.1, -0.05) is 23.7 Å². The molecule has 0 aliphatic heterocycles. The summed E-state index contributed by atoms with van der Waals surface area (Å²) in [6.45, 7) is 0.260. The Morgan fingerprint density at radius 1 is 1.15 bits per heavy atom. The molecule has 0 unspecified atom stereocenters. The summed E-state index contributed by atoms with van der Waals surface area (Å²) in [6, 6.07) is 13.3. The van der Waals surface area contributed by atoms with E-state index in [4.69, 9.17) is 17.3 Å². The Kier molecular flexibility index (Phi) is 4.32. The number of benzene rings is 2. The quantitative estimate of drug-likeness (QED) is 0.883.